The SMILES string of the molecule is N[C@](C=O)(CO)Cc1ccc(O)cc1. The van der Waals surface area contributed by atoms with Crippen molar-refractivity contribution in [3.05, 3.63) is 29.8 Å². The average molecular weight is 195 g/mol. The van der Waals surface area contributed by atoms with Gasteiger partial charge in [0, 0.05) is 0 Å². The summed E-state index contributed by atoms with van der Waals surface area (Å²) in [7, 11) is 0. The molecule has 0 unspecified atom stereocenters. The van der Waals surface area contributed by atoms with Gasteiger partial charge in [0.1, 0.15) is 12.0 Å². The molecule has 0 aliphatic carbocycles. The number of phenolic OH excluding ortho intramolecular Hbond substituents is 1. The Morgan fingerprint density at radius 2 is 1.93 bits per heavy atom. The highest BCUT2D eigenvalue weighted by atomic mass is 16.3. The van der Waals surface area contributed by atoms with E-state index in [1.807, 2.05) is 0 Å². The molecule has 0 radical (unpaired) electrons. The number of carbonyl (C=O) groups is 1. The zero-order valence-electron chi connectivity index (χ0n) is 7.68. The molecule has 4 heteroatoms. The predicted octanol–water partition coefficient (Wildman–Crippen LogP) is -0.177. The number of benzene rings is 1. The van der Waals surface area contributed by atoms with Crippen molar-refractivity contribution in [2.75, 3.05) is 6.61 Å². The third kappa shape index (κ3) is 2.55. The van der Waals surface area contributed by atoms with Crippen LogP contribution in [0.3, 0.4) is 0 Å². The van der Waals surface area contributed by atoms with E-state index in [2.05, 4.69) is 0 Å². The number of hydrogen-bond acceptors (Lipinski definition) is 4. The van der Waals surface area contributed by atoms with Crippen molar-refractivity contribution in [3.63, 3.8) is 0 Å². The smallest absolute Gasteiger partial charge is 0.142 e. The van der Waals surface area contributed by atoms with E-state index in [1.165, 1.54) is 12.1 Å². The first-order valence-electron chi connectivity index (χ1n) is 4.23. The molecule has 0 fully saturated rings. The summed E-state index contributed by atoms with van der Waals surface area (Å²) in [5.74, 6) is 0.159. The summed E-state index contributed by atoms with van der Waals surface area (Å²) in [6, 6.07) is 6.35. The Kier molecular flexibility index (Phi) is 3.22. The Bertz CT molecular complexity index is 310. The van der Waals surface area contributed by atoms with Gasteiger partial charge in [0.2, 0.25) is 0 Å². The molecule has 4 nitrogen and oxygen atoms in total. The first-order valence-corrected chi connectivity index (χ1v) is 4.23. The molecule has 0 aliphatic rings. The van der Waals surface area contributed by atoms with Crippen LogP contribution in [0.1, 0.15) is 5.56 Å². The quantitative estimate of drug-likeness (QED) is 0.582. The van der Waals surface area contributed by atoms with Gasteiger partial charge in [0.05, 0.1) is 12.1 Å². The minimum absolute atomic E-state index is 0.159. The van der Waals surface area contributed by atoms with Crippen LogP contribution in [0.2, 0.25) is 0 Å². The Balaban J connectivity index is 2.77. The van der Waals surface area contributed by atoms with Crippen LogP contribution in [0, 0.1) is 0 Å². The Labute approximate surface area is 82.0 Å². The second-order valence-electron chi connectivity index (χ2n) is 3.35. The van der Waals surface area contributed by atoms with Gasteiger partial charge in [-0.25, -0.2) is 0 Å². The fourth-order valence-corrected chi connectivity index (χ4v) is 1.13. The van der Waals surface area contributed by atoms with Crippen LogP contribution in [0.25, 0.3) is 0 Å². The van der Waals surface area contributed by atoms with Gasteiger partial charge in [-0.15, -0.1) is 0 Å². The van der Waals surface area contributed by atoms with Crippen molar-refractivity contribution < 1.29 is 15.0 Å². The molecule has 0 aliphatic heterocycles. The van der Waals surface area contributed by atoms with Crippen LogP contribution >= 0.6 is 0 Å². The standard InChI is InChI=1S/C10H13NO3/c11-10(6-12,7-13)5-8-1-3-9(14)4-2-8/h1-4,6,13-14H,5,7,11H2/t10-/m1/s1. The third-order valence-corrected chi connectivity index (χ3v) is 2.00. The first kappa shape index (κ1) is 10.7. The molecule has 1 aromatic carbocycles. The molecular weight excluding hydrogens is 182 g/mol. The fraction of sp³-hybridized carbons (Fsp3) is 0.300. The highest BCUT2D eigenvalue weighted by Crippen LogP contribution is 2.13. The number of aliphatic hydroxyl groups excluding tert-OH is 1. The van der Waals surface area contributed by atoms with Crippen LogP contribution < -0.4 is 5.73 Å². The zero-order chi connectivity index (χ0) is 10.6. The highest BCUT2D eigenvalue weighted by molar-refractivity contribution is 5.64. The fourth-order valence-electron chi connectivity index (χ4n) is 1.13. The molecule has 0 aromatic heterocycles. The number of nitrogens with two attached hydrogens (primary N) is 1. The number of phenols is 1. The summed E-state index contributed by atoms with van der Waals surface area (Å²) in [6.45, 7) is -0.391. The van der Waals surface area contributed by atoms with Gasteiger partial charge < -0.3 is 20.7 Å². The van der Waals surface area contributed by atoms with E-state index in [-0.39, 0.29) is 12.2 Å². The lowest BCUT2D eigenvalue weighted by Crippen LogP contribution is -2.47. The van der Waals surface area contributed by atoms with Crippen LogP contribution in [0.15, 0.2) is 24.3 Å². The van der Waals surface area contributed by atoms with Gasteiger partial charge in [0.25, 0.3) is 0 Å². The first-order chi connectivity index (χ1) is 6.59. The number of carbonyl (C=O) groups excluding carboxylic acids is 1. The molecule has 4 N–H and O–H groups in total. The molecule has 1 rings (SSSR count). The van der Waals surface area contributed by atoms with Gasteiger partial charge in [-0.1, -0.05) is 12.1 Å². The van der Waals surface area contributed by atoms with Gasteiger partial charge >= 0.3 is 0 Å². The number of aliphatic hydroxyl groups is 1. The predicted molar refractivity (Wildman–Crippen MR) is 51.9 cm³/mol. The molecule has 0 saturated carbocycles. The van der Waals surface area contributed by atoms with Crippen molar-refractivity contribution in [1.82, 2.24) is 0 Å². The molecular formula is C10H13NO3. The molecule has 0 spiro atoms. The van der Waals surface area contributed by atoms with Crippen LogP contribution in [0.5, 0.6) is 5.75 Å². The minimum Gasteiger partial charge on any atom is -0.508 e. The van der Waals surface area contributed by atoms with Gasteiger partial charge in [-0.2, -0.15) is 0 Å². The topological polar surface area (TPSA) is 83.6 Å². The lowest BCUT2D eigenvalue weighted by Gasteiger charge is -2.19. The number of hydrogen-bond donors (Lipinski definition) is 3. The van der Waals surface area contributed by atoms with E-state index in [0.717, 1.165) is 5.56 Å². The Morgan fingerprint density at radius 3 is 2.36 bits per heavy atom. The number of aromatic hydroxyl groups is 1. The van der Waals surface area contributed by atoms with Crippen LogP contribution in [-0.2, 0) is 11.2 Å². The summed E-state index contributed by atoms with van der Waals surface area (Å²) in [6.07, 6.45) is 0.799. The van der Waals surface area contributed by atoms with E-state index >= 15 is 0 Å². The summed E-state index contributed by atoms with van der Waals surface area (Å²) in [5, 5.41) is 17.9. The van der Waals surface area contributed by atoms with Crippen molar-refractivity contribution in [2.45, 2.75) is 12.0 Å². The van der Waals surface area contributed by atoms with Crippen molar-refractivity contribution in [3.8, 4) is 5.75 Å². The lowest BCUT2D eigenvalue weighted by molar-refractivity contribution is -0.113. The van der Waals surface area contributed by atoms with E-state index in [0.29, 0.717) is 6.29 Å². The van der Waals surface area contributed by atoms with Crippen molar-refractivity contribution in [2.24, 2.45) is 5.73 Å². The normalized spacial score (nSPS) is 14.7. The van der Waals surface area contributed by atoms with Crippen molar-refractivity contribution >= 4 is 6.29 Å². The molecule has 76 valence electrons. The maximum Gasteiger partial charge on any atom is 0.142 e. The summed E-state index contributed by atoms with van der Waals surface area (Å²) < 4.78 is 0. The summed E-state index contributed by atoms with van der Waals surface area (Å²) >= 11 is 0. The van der Waals surface area contributed by atoms with Gasteiger partial charge in [-0.3, -0.25) is 0 Å². The second-order valence-corrected chi connectivity index (χ2v) is 3.35. The zero-order valence-corrected chi connectivity index (χ0v) is 7.68. The summed E-state index contributed by atoms with van der Waals surface area (Å²) in [5.41, 5.74) is 5.16. The minimum atomic E-state index is -1.23. The van der Waals surface area contributed by atoms with Gasteiger partial charge in [-0.05, 0) is 24.1 Å². The highest BCUT2D eigenvalue weighted by Gasteiger charge is 2.23. The Morgan fingerprint density at radius 1 is 1.36 bits per heavy atom. The molecule has 0 saturated heterocycles. The van der Waals surface area contributed by atoms with E-state index in [4.69, 9.17) is 15.9 Å². The van der Waals surface area contributed by atoms with Crippen LogP contribution in [-0.4, -0.2) is 28.6 Å². The maximum absolute atomic E-state index is 10.6. The molecule has 0 bridgehead atoms. The molecule has 0 heterocycles. The van der Waals surface area contributed by atoms with E-state index in [9.17, 15) is 4.79 Å². The molecule has 1 atom stereocenters. The summed E-state index contributed by atoms with van der Waals surface area (Å²) in [4.78, 5) is 10.6. The van der Waals surface area contributed by atoms with Gasteiger partial charge in [0.15, 0.2) is 0 Å². The Hall–Kier alpha value is -1.39. The lowest BCUT2D eigenvalue weighted by atomic mass is 9.94. The average Bonchev–Trinajstić information content (AvgIpc) is 2.21. The second kappa shape index (κ2) is 4.21. The van der Waals surface area contributed by atoms with Crippen LogP contribution in [0.4, 0.5) is 0 Å². The monoisotopic (exact) mass is 195 g/mol. The maximum atomic E-state index is 10.6. The molecule has 0 amide bonds. The number of aldehydes is 1. The molecule has 14 heavy (non-hydrogen) atoms. The van der Waals surface area contributed by atoms with E-state index < -0.39 is 12.1 Å². The van der Waals surface area contributed by atoms with E-state index in [1.54, 1.807) is 12.1 Å². The van der Waals surface area contributed by atoms with Crippen molar-refractivity contribution in [1.29, 1.82) is 0 Å². The largest absolute Gasteiger partial charge is 0.508 e. The number of rotatable bonds is 4. The third-order valence-electron chi connectivity index (χ3n) is 2.00. The molecule has 1 aromatic rings.